The topological polar surface area (TPSA) is 54.4 Å². The van der Waals surface area contributed by atoms with Gasteiger partial charge in [0.05, 0.1) is 0 Å². The van der Waals surface area contributed by atoms with Gasteiger partial charge in [-0.05, 0) is 79.1 Å². The summed E-state index contributed by atoms with van der Waals surface area (Å²) >= 11 is 0. The molecule has 0 fully saturated rings. The van der Waals surface area contributed by atoms with Gasteiger partial charge in [-0.2, -0.15) is 21.6 Å². The van der Waals surface area contributed by atoms with E-state index in [0.717, 1.165) is 0 Å². The standard InChI is InChI=1S/C36H51P.CHF3O3S/c1-4-7-10-15-22-31-29-32(23-16-11-8-5-2)36(33(30-31)24-17-12-9-6-3)37(34-25-18-13-19-26-34)35-27-20-14-21-28-35;2-1(3,4)8(5,6)7/h13-14,18-21,25-30H,4-12,15-17,22-24H2,1-3H3;(H,5,6,7). The van der Waals surface area contributed by atoms with Crippen LogP contribution >= 0.6 is 7.92 Å². The molecule has 3 rings (SSSR count). The van der Waals surface area contributed by atoms with Gasteiger partial charge in [0.1, 0.15) is 0 Å². The molecule has 0 amide bonds. The lowest BCUT2D eigenvalue weighted by Gasteiger charge is -2.27. The highest BCUT2D eigenvalue weighted by Gasteiger charge is 2.44. The highest BCUT2D eigenvalue weighted by Crippen LogP contribution is 2.37. The van der Waals surface area contributed by atoms with Crippen LogP contribution in [0.5, 0.6) is 0 Å². The summed E-state index contributed by atoms with van der Waals surface area (Å²) in [7, 11) is -6.41. The highest BCUT2D eigenvalue weighted by atomic mass is 32.2. The number of hydrogen-bond acceptors (Lipinski definition) is 2. The van der Waals surface area contributed by atoms with Crippen LogP contribution in [0.4, 0.5) is 13.2 Å². The summed E-state index contributed by atoms with van der Waals surface area (Å²) in [5.74, 6) is 0. The van der Waals surface area contributed by atoms with E-state index in [9.17, 15) is 13.2 Å². The van der Waals surface area contributed by atoms with Crippen molar-refractivity contribution in [2.45, 2.75) is 123 Å². The van der Waals surface area contributed by atoms with E-state index in [-0.39, 0.29) is 0 Å². The number of alkyl halides is 3. The largest absolute Gasteiger partial charge is 0.522 e. The molecule has 0 aromatic heterocycles. The van der Waals surface area contributed by atoms with E-state index >= 15 is 0 Å². The minimum Gasteiger partial charge on any atom is -0.279 e. The third-order valence-electron chi connectivity index (χ3n) is 7.79. The van der Waals surface area contributed by atoms with Crippen LogP contribution in [0.25, 0.3) is 0 Å². The summed E-state index contributed by atoms with van der Waals surface area (Å²) in [6.45, 7) is 6.95. The molecule has 0 aliphatic carbocycles. The quantitative estimate of drug-likeness (QED) is 0.0637. The first kappa shape index (κ1) is 39.0. The average Bonchev–Trinajstić information content (AvgIpc) is 3.01. The molecular weight excluding hydrogens is 612 g/mol. The lowest BCUT2D eigenvalue weighted by atomic mass is 9.95. The maximum absolute atomic E-state index is 10.7. The molecule has 250 valence electrons. The van der Waals surface area contributed by atoms with Crippen molar-refractivity contribution in [3.05, 3.63) is 89.5 Å². The first-order valence-electron chi connectivity index (χ1n) is 16.6. The molecule has 3 aromatic rings. The Bertz CT molecular complexity index is 1260. The first-order valence-corrected chi connectivity index (χ1v) is 19.4. The lowest BCUT2D eigenvalue weighted by Crippen LogP contribution is -2.27. The molecule has 0 saturated carbocycles. The van der Waals surface area contributed by atoms with Crippen LogP contribution in [0.1, 0.15) is 115 Å². The smallest absolute Gasteiger partial charge is 0.279 e. The average molecular weight is 665 g/mol. The maximum atomic E-state index is 10.7. The predicted octanol–water partition coefficient (Wildman–Crippen LogP) is 10.2. The van der Waals surface area contributed by atoms with E-state index in [4.69, 9.17) is 13.0 Å². The summed E-state index contributed by atoms with van der Waals surface area (Å²) in [6.07, 6.45) is 19.6. The van der Waals surface area contributed by atoms with Crippen molar-refractivity contribution in [2.75, 3.05) is 0 Å². The van der Waals surface area contributed by atoms with E-state index in [1.807, 2.05) is 0 Å². The molecule has 0 unspecified atom stereocenters. The summed E-state index contributed by atoms with van der Waals surface area (Å²) in [6, 6.07) is 28.0. The Morgan fingerprint density at radius 1 is 0.600 bits per heavy atom. The predicted molar refractivity (Wildman–Crippen MR) is 186 cm³/mol. The molecule has 3 nitrogen and oxygen atoms in total. The minimum absolute atomic E-state index is 0.567. The van der Waals surface area contributed by atoms with Crippen molar-refractivity contribution in [1.29, 1.82) is 0 Å². The van der Waals surface area contributed by atoms with Gasteiger partial charge in [0.15, 0.2) is 0 Å². The Morgan fingerprint density at radius 3 is 1.29 bits per heavy atom. The number of unbranched alkanes of at least 4 members (excludes halogenated alkanes) is 9. The molecule has 8 heteroatoms. The Labute approximate surface area is 271 Å². The maximum Gasteiger partial charge on any atom is 0.522 e. The Morgan fingerprint density at radius 2 is 0.956 bits per heavy atom. The van der Waals surface area contributed by atoms with Gasteiger partial charge in [0.2, 0.25) is 0 Å². The van der Waals surface area contributed by atoms with Gasteiger partial charge in [-0.25, -0.2) is 0 Å². The molecule has 0 bridgehead atoms. The fraction of sp³-hybridized carbons (Fsp3) is 0.514. The summed E-state index contributed by atoms with van der Waals surface area (Å²) < 4.78 is 57.5. The normalized spacial score (nSPS) is 11.8. The third kappa shape index (κ3) is 14.0. The summed E-state index contributed by atoms with van der Waals surface area (Å²) in [4.78, 5) is 0. The van der Waals surface area contributed by atoms with Gasteiger partial charge in [0.25, 0.3) is 0 Å². The number of hydrogen-bond donors (Lipinski definition) is 1. The summed E-state index contributed by atoms with van der Waals surface area (Å²) in [5, 5.41) is 4.66. The molecule has 0 atom stereocenters. The Balaban J connectivity index is 0.000000777. The van der Waals surface area contributed by atoms with E-state index in [1.165, 1.54) is 107 Å². The highest BCUT2D eigenvalue weighted by molar-refractivity contribution is 7.86. The third-order valence-corrected chi connectivity index (χ3v) is 11.0. The fourth-order valence-electron chi connectivity index (χ4n) is 5.45. The van der Waals surface area contributed by atoms with Gasteiger partial charge in [-0.1, -0.05) is 151 Å². The van der Waals surface area contributed by atoms with Gasteiger partial charge in [0, 0.05) is 0 Å². The van der Waals surface area contributed by atoms with E-state index in [1.54, 1.807) is 22.0 Å². The van der Waals surface area contributed by atoms with Crippen LogP contribution < -0.4 is 15.9 Å². The van der Waals surface area contributed by atoms with Gasteiger partial charge < -0.3 is 0 Å². The zero-order chi connectivity index (χ0) is 33.1. The molecule has 0 aliphatic heterocycles. The zero-order valence-corrected chi connectivity index (χ0v) is 29.0. The SMILES string of the molecule is CCCCCCc1cc(CCCCCC)c(P(c2ccccc2)c2ccccc2)c(CCCCCC)c1.O=S(=O)(O)C(F)(F)F. The zero-order valence-electron chi connectivity index (χ0n) is 27.3. The lowest BCUT2D eigenvalue weighted by molar-refractivity contribution is -0.0510. The Kier molecular flexibility index (Phi) is 18.0. The van der Waals surface area contributed by atoms with E-state index in [2.05, 4.69) is 93.6 Å². The van der Waals surface area contributed by atoms with Crippen molar-refractivity contribution in [3.8, 4) is 0 Å². The first-order chi connectivity index (χ1) is 21.5. The van der Waals surface area contributed by atoms with Crippen molar-refractivity contribution in [2.24, 2.45) is 0 Å². The van der Waals surface area contributed by atoms with Crippen LogP contribution in [0.15, 0.2) is 72.8 Å². The molecule has 0 saturated heterocycles. The molecular formula is C37H52F3O3PS. The second-order valence-electron chi connectivity index (χ2n) is 11.6. The van der Waals surface area contributed by atoms with Gasteiger partial charge in [-0.15, -0.1) is 0 Å². The number of aryl methyl sites for hydroxylation is 3. The summed E-state index contributed by atoms with van der Waals surface area (Å²) in [5.41, 5.74) is -0.652. The molecule has 0 aliphatic rings. The minimum atomic E-state index is -5.84. The number of rotatable bonds is 18. The molecule has 0 radical (unpaired) electrons. The van der Waals surface area contributed by atoms with Crippen LogP contribution in [0, 0.1) is 0 Å². The van der Waals surface area contributed by atoms with Crippen LogP contribution in [-0.2, 0) is 29.4 Å². The van der Waals surface area contributed by atoms with E-state index < -0.39 is 23.5 Å². The van der Waals surface area contributed by atoms with Gasteiger partial charge in [-0.3, -0.25) is 4.55 Å². The molecule has 0 spiro atoms. The van der Waals surface area contributed by atoms with E-state index in [0.29, 0.717) is 0 Å². The van der Waals surface area contributed by atoms with Gasteiger partial charge >= 0.3 is 15.6 Å². The molecule has 3 aromatic carbocycles. The Hall–Kier alpha value is -2.21. The number of halogens is 3. The van der Waals surface area contributed by atoms with Crippen LogP contribution in [0.2, 0.25) is 0 Å². The van der Waals surface area contributed by atoms with Crippen LogP contribution in [-0.4, -0.2) is 18.5 Å². The van der Waals surface area contributed by atoms with Crippen molar-refractivity contribution in [1.82, 2.24) is 0 Å². The van der Waals surface area contributed by atoms with Crippen molar-refractivity contribution >= 4 is 34.0 Å². The number of benzene rings is 3. The second kappa shape index (κ2) is 20.8. The van der Waals surface area contributed by atoms with Crippen molar-refractivity contribution in [3.63, 3.8) is 0 Å². The fourth-order valence-corrected chi connectivity index (χ4v) is 8.13. The second-order valence-corrected chi connectivity index (χ2v) is 15.2. The molecule has 0 heterocycles. The molecule has 1 N–H and O–H groups in total. The molecule has 45 heavy (non-hydrogen) atoms. The monoisotopic (exact) mass is 664 g/mol. The van der Waals surface area contributed by atoms with Crippen LogP contribution in [0.3, 0.4) is 0 Å². The van der Waals surface area contributed by atoms with Crippen molar-refractivity contribution < 1.29 is 26.1 Å².